The van der Waals surface area contributed by atoms with E-state index in [-0.39, 0.29) is 11.6 Å². The van der Waals surface area contributed by atoms with Gasteiger partial charge in [0.1, 0.15) is 0 Å². The second kappa shape index (κ2) is 4.99. The number of nitro groups is 1. The minimum absolute atomic E-state index is 0.0359. The van der Waals surface area contributed by atoms with Gasteiger partial charge >= 0.3 is 11.7 Å². The van der Waals surface area contributed by atoms with Gasteiger partial charge in [-0.25, -0.2) is 4.98 Å². The minimum atomic E-state index is -0.801. The molecule has 1 aromatic rings. The van der Waals surface area contributed by atoms with Crippen LogP contribution < -0.4 is 4.90 Å². The highest BCUT2D eigenvalue weighted by Crippen LogP contribution is 2.28. The predicted octanol–water partition coefficient (Wildman–Crippen LogP) is 1.29. The highest BCUT2D eigenvalue weighted by Gasteiger charge is 2.28. The van der Waals surface area contributed by atoms with Crippen LogP contribution in [0.15, 0.2) is 18.3 Å². The van der Waals surface area contributed by atoms with E-state index in [1.54, 1.807) is 4.90 Å². The fraction of sp³-hybridized carbons (Fsp3) is 0.455. The van der Waals surface area contributed by atoms with Crippen molar-refractivity contribution >= 4 is 17.5 Å². The molecule has 7 nitrogen and oxygen atoms in total. The van der Waals surface area contributed by atoms with Crippen LogP contribution in [0.2, 0.25) is 0 Å². The number of carbonyl (C=O) groups is 1. The monoisotopic (exact) mass is 251 g/mol. The summed E-state index contributed by atoms with van der Waals surface area (Å²) < 4.78 is 0. The Morgan fingerprint density at radius 2 is 2.17 bits per heavy atom. The number of piperidine rings is 1. The summed E-state index contributed by atoms with van der Waals surface area (Å²) in [5.74, 6) is -0.833. The Balaban J connectivity index is 2.15. The molecule has 1 saturated heterocycles. The molecule has 1 aliphatic rings. The van der Waals surface area contributed by atoms with E-state index >= 15 is 0 Å². The number of aromatic nitrogens is 1. The number of pyridine rings is 1. The molecule has 7 heteroatoms. The first-order chi connectivity index (χ1) is 8.59. The standard InChI is InChI=1S/C11H13N3O4/c15-11(16)8-3-6-13(7-4-8)10-9(14(17)18)2-1-5-12-10/h1-2,5,8H,3-4,6-7H2,(H,15,16). The van der Waals surface area contributed by atoms with Crippen LogP contribution in [0.4, 0.5) is 11.5 Å². The number of hydrogen-bond acceptors (Lipinski definition) is 5. The molecule has 2 rings (SSSR count). The Kier molecular flexibility index (Phi) is 3.40. The van der Waals surface area contributed by atoms with E-state index in [9.17, 15) is 14.9 Å². The van der Waals surface area contributed by atoms with Crippen molar-refractivity contribution in [2.45, 2.75) is 12.8 Å². The molecule has 1 aromatic heterocycles. The molecule has 1 aliphatic heterocycles. The maximum atomic E-state index is 10.9. The number of nitrogens with zero attached hydrogens (tertiary/aromatic N) is 3. The van der Waals surface area contributed by atoms with Gasteiger partial charge < -0.3 is 10.0 Å². The average molecular weight is 251 g/mol. The summed E-state index contributed by atoms with van der Waals surface area (Å²) in [5, 5.41) is 19.8. The van der Waals surface area contributed by atoms with E-state index in [1.807, 2.05) is 0 Å². The summed E-state index contributed by atoms with van der Waals surface area (Å²) in [6, 6.07) is 2.93. The molecule has 0 amide bonds. The van der Waals surface area contributed by atoms with Crippen molar-refractivity contribution in [1.29, 1.82) is 0 Å². The smallest absolute Gasteiger partial charge is 0.311 e. The van der Waals surface area contributed by atoms with Crippen LogP contribution in [0.3, 0.4) is 0 Å². The SMILES string of the molecule is O=C(O)C1CCN(c2ncccc2[N+](=O)[O-])CC1. The lowest BCUT2D eigenvalue weighted by Gasteiger charge is -2.30. The predicted molar refractivity (Wildman–Crippen MR) is 63.5 cm³/mol. The van der Waals surface area contributed by atoms with Gasteiger partial charge in [0.2, 0.25) is 5.82 Å². The third-order valence-corrected chi connectivity index (χ3v) is 3.11. The van der Waals surface area contributed by atoms with Crippen molar-refractivity contribution in [1.82, 2.24) is 4.98 Å². The number of rotatable bonds is 3. The van der Waals surface area contributed by atoms with Crippen molar-refractivity contribution in [3.63, 3.8) is 0 Å². The molecule has 0 saturated carbocycles. The largest absolute Gasteiger partial charge is 0.481 e. The van der Waals surface area contributed by atoms with Crippen LogP contribution in [-0.4, -0.2) is 34.1 Å². The van der Waals surface area contributed by atoms with E-state index in [0.717, 1.165) is 0 Å². The minimum Gasteiger partial charge on any atom is -0.481 e. The number of anilines is 1. The molecule has 2 heterocycles. The lowest BCUT2D eigenvalue weighted by Crippen LogP contribution is -2.37. The second-order valence-corrected chi connectivity index (χ2v) is 4.20. The van der Waals surface area contributed by atoms with Crippen LogP contribution in [0.1, 0.15) is 12.8 Å². The molecule has 18 heavy (non-hydrogen) atoms. The molecule has 1 fully saturated rings. The van der Waals surface area contributed by atoms with Crippen molar-refractivity contribution in [3.8, 4) is 0 Å². The average Bonchev–Trinajstić information content (AvgIpc) is 2.39. The van der Waals surface area contributed by atoms with Crippen molar-refractivity contribution in [2.75, 3.05) is 18.0 Å². The highest BCUT2D eigenvalue weighted by atomic mass is 16.6. The molecular weight excluding hydrogens is 238 g/mol. The zero-order valence-electron chi connectivity index (χ0n) is 9.65. The van der Waals surface area contributed by atoms with Gasteiger partial charge in [-0.1, -0.05) is 0 Å². The Morgan fingerprint density at radius 3 is 2.72 bits per heavy atom. The van der Waals surface area contributed by atoms with Crippen LogP contribution in [0, 0.1) is 16.0 Å². The summed E-state index contributed by atoms with van der Waals surface area (Å²) >= 11 is 0. The molecule has 96 valence electrons. The van der Waals surface area contributed by atoms with Gasteiger partial charge in [-0.3, -0.25) is 14.9 Å². The zero-order valence-corrected chi connectivity index (χ0v) is 9.65. The van der Waals surface area contributed by atoms with Gasteiger partial charge in [-0.15, -0.1) is 0 Å². The Morgan fingerprint density at radius 1 is 1.50 bits per heavy atom. The van der Waals surface area contributed by atoms with Crippen molar-refractivity contribution in [2.24, 2.45) is 5.92 Å². The topological polar surface area (TPSA) is 96.6 Å². The quantitative estimate of drug-likeness (QED) is 0.642. The number of aliphatic carboxylic acids is 1. The fourth-order valence-corrected chi connectivity index (χ4v) is 2.11. The van der Waals surface area contributed by atoms with E-state index < -0.39 is 10.9 Å². The summed E-state index contributed by atoms with van der Waals surface area (Å²) in [7, 11) is 0. The van der Waals surface area contributed by atoms with Crippen LogP contribution >= 0.6 is 0 Å². The van der Waals surface area contributed by atoms with Gasteiger partial charge in [0.15, 0.2) is 0 Å². The van der Waals surface area contributed by atoms with Crippen molar-refractivity contribution < 1.29 is 14.8 Å². The Hall–Kier alpha value is -2.18. The summed E-state index contributed by atoms with van der Waals surface area (Å²) in [6.07, 6.45) is 2.48. The van der Waals surface area contributed by atoms with E-state index in [4.69, 9.17) is 5.11 Å². The summed E-state index contributed by atoms with van der Waals surface area (Å²) in [5.41, 5.74) is -0.0359. The first-order valence-electron chi connectivity index (χ1n) is 5.66. The van der Waals surface area contributed by atoms with Crippen LogP contribution in [0.25, 0.3) is 0 Å². The van der Waals surface area contributed by atoms with Gasteiger partial charge in [0.25, 0.3) is 0 Å². The normalized spacial score (nSPS) is 16.6. The lowest BCUT2D eigenvalue weighted by molar-refractivity contribution is -0.384. The van der Waals surface area contributed by atoms with Gasteiger partial charge in [0.05, 0.1) is 10.8 Å². The van der Waals surface area contributed by atoms with E-state index in [2.05, 4.69) is 4.98 Å². The van der Waals surface area contributed by atoms with Gasteiger partial charge in [0, 0.05) is 25.4 Å². The van der Waals surface area contributed by atoms with Gasteiger partial charge in [-0.2, -0.15) is 0 Å². The van der Waals surface area contributed by atoms with Crippen molar-refractivity contribution in [3.05, 3.63) is 28.4 Å². The third-order valence-electron chi connectivity index (χ3n) is 3.11. The number of carboxylic acid groups (broad SMARTS) is 1. The highest BCUT2D eigenvalue weighted by molar-refractivity contribution is 5.70. The molecule has 0 unspecified atom stereocenters. The maximum absolute atomic E-state index is 10.9. The molecule has 0 aliphatic carbocycles. The zero-order chi connectivity index (χ0) is 13.1. The van der Waals surface area contributed by atoms with E-state index in [0.29, 0.717) is 31.7 Å². The maximum Gasteiger partial charge on any atom is 0.311 e. The van der Waals surface area contributed by atoms with E-state index in [1.165, 1.54) is 18.3 Å². The lowest BCUT2D eigenvalue weighted by atomic mass is 9.97. The molecule has 0 atom stereocenters. The van der Waals surface area contributed by atoms with Crippen LogP contribution in [-0.2, 0) is 4.79 Å². The summed E-state index contributed by atoms with van der Waals surface area (Å²) in [4.78, 5) is 27.1. The first-order valence-corrected chi connectivity index (χ1v) is 5.66. The van der Waals surface area contributed by atoms with Gasteiger partial charge in [-0.05, 0) is 18.9 Å². The molecule has 0 spiro atoms. The molecule has 0 aromatic carbocycles. The second-order valence-electron chi connectivity index (χ2n) is 4.20. The molecular formula is C11H13N3O4. The molecule has 0 radical (unpaired) electrons. The first kappa shape index (κ1) is 12.3. The molecule has 0 bridgehead atoms. The number of hydrogen-bond donors (Lipinski definition) is 1. The molecule has 1 N–H and O–H groups in total. The van der Waals surface area contributed by atoms with Crippen LogP contribution in [0.5, 0.6) is 0 Å². The Bertz CT molecular complexity index is 469. The summed E-state index contributed by atoms with van der Waals surface area (Å²) in [6.45, 7) is 0.962. The number of carboxylic acids is 1. The fourth-order valence-electron chi connectivity index (χ4n) is 2.11. The Labute approximate surface area is 103 Å². The third kappa shape index (κ3) is 2.39.